The Labute approximate surface area is 402 Å². The first-order chi connectivity index (χ1) is 32.2. The summed E-state index contributed by atoms with van der Waals surface area (Å²) < 4.78 is 16.6. The van der Waals surface area contributed by atoms with Crippen LogP contribution in [0.5, 0.6) is 0 Å². The molecule has 1 fully saturated rings. The highest BCUT2D eigenvalue weighted by Gasteiger charge is 2.44. The molecule has 384 valence electrons. The Kier molecular flexibility index (Phi) is 42.1. The number of hydrogen-bond donors (Lipinski definition) is 6. The minimum Gasteiger partial charge on any atom is -0.466 e. The molecule has 0 aromatic carbocycles. The zero-order chi connectivity index (χ0) is 48.1. The zero-order valence-corrected chi connectivity index (χ0v) is 41.9. The average Bonchev–Trinajstić information content (AvgIpc) is 3.31. The van der Waals surface area contributed by atoms with Gasteiger partial charge in [-0.3, -0.25) is 9.59 Å². The van der Waals surface area contributed by atoms with Gasteiger partial charge in [0.25, 0.3) is 0 Å². The third-order valence-electron chi connectivity index (χ3n) is 12.5. The van der Waals surface area contributed by atoms with Crippen molar-refractivity contribution in [3.05, 3.63) is 48.6 Å². The van der Waals surface area contributed by atoms with Crippen LogP contribution in [0.3, 0.4) is 0 Å². The van der Waals surface area contributed by atoms with Gasteiger partial charge in [-0.25, -0.2) is 0 Å². The highest BCUT2D eigenvalue weighted by atomic mass is 16.7. The second kappa shape index (κ2) is 45.1. The van der Waals surface area contributed by atoms with E-state index >= 15 is 0 Å². The molecule has 1 heterocycles. The van der Waals surface area contributed by atoms with Gasteiger partial charge in [-0.1, -0.05) is 184 Å². The van der Waals surface area contributed by atoms with E-state index in [-0.39, 0.29) is 18.5 Å². The van der Waals surface area contributed by atoms with E-state index in [2.05, 4.69) is 42.6 Å². The zero-order valence-electron chi connectivity index (χ0n) is 41.9. The summed E-state index contributed by atoms with van der Waals surface area (Å²) in [5.74, 6) is -0.230. The van der Waals surface area contributed by atoms with Crippen LogP contribution in [-0.4, -0.2) is 100 Å². The number of ether oxygens (including phenoxy) is 3. The molecule has 6 N–H and O–H groups in total. The number of nitrogens with one attached hydrogen (secondary N) is 1. The van der Waals surface area contributed by atoms with Crippen LogP contribution in [0, 0.1) is 0 Å². The Balaban J connectivity index is 2.10. The lowest BCUT2D eigenvalue weighted by Crippen LogP contribution is -2.60. The largest absolute Gasteiger partial charge is 0.466 e. The first-order valence-corrected chi connectivity index (χ1v) is 26.9. The molecule has 0 bridgehead atoms. The lowest BCUT2D eigenvalue weighted by atomic mass is 9.99. The van der Waals surface area contributed by atoms with Crippen LogP contribution >= 0.6 is 0 Å². The van der Waals surface area contributed by atoms with Crippen LogP contribution in [-0.2, 0) is 23.8 Å². The number of esters is 1. The lowest BCUT2D eigenvalue weighted by molar-refractivity contribution is -0.302. The molecule has 1 saturated heterocycles. The molecule has 0 radical (unpaired) electrons. The molecule has 0 saturated carbocycles. The van der Waals surface area contributed by atoms with Gasteiger partial charge >= 0.3 is 5.97 Å². The highest BCUT2D eigenvalue weighted by molar-refractivity contribution is 5.76. The molecule has 11 heteroatoms. The van der Waals surface area contributed by atoms with Gasteiger partial charge < -0.3 is 45.1 Å². The monoisotopic (exact) mass is 934 g/mol. The molecule has 1 aliphatic rings. The highest BCUT2D eigenvalue weighted by Crippen LogP contribution is 2.23. The minimum atomic E-state index is -1.58. The molecule has 7 atom stereocenters. The fourth-order valence-electron chi connectivity index (χ4n) is 8.17. The maximum Gasteiger partial charge on any atom is 0.305 e. The Morgan fingerprint density at radius 2 is 1.05 bits per heavy atom. The van der Waals surface area contributed by atoms with Gasteiger partial charge in [0.05, 0.1) is 32.0 Å². The summed E-state index contributed by atoms with van der Waals surface area (Å²) in [5.41, 5.74) is 0. The van der Waals surface area contributed by atoms with Crippen LogP contribution < -0.4 is 5.32 Å². The summed E-state index contributed by atoms with van der Waals surface area (Å²) in [7, 11) is 0. The van der Waals surface area contributed by atoms with Crippen molar-refractivity contribution in [1.29, 1.82) is 0 Å². The van der Waals surface area contributed by atoms with E-state index in [4.69, 9.17) is 14.2 Å². The fourth-order valence-corrected chi connectivity index (χ4v) is 8.17. The van der Waals surface area contributed by atoms with Gasteiger partial charge in [-0.2, -0.15) is 0 Å². The van der Waals surface area contributed by atoms with Gasteiger partial charge in [0.1, 0.15) is 24.4 Å². The van der Waals surface area contributed by atoms with Gasteiger partial charge in [0.2, 0.25) is 5.91 Å². The number of carbonyl (C=O) groups is 2. The fraction of sp³-hybridized carbons (Fsp3) is 0.818. The van der Waals surface area contributed by atoms with Gasteiger partial charge in [-0.05, 0) is 77.6 Å². The number of aliphatic hydroxyl groups is 5. The first kappa shape index (κ1) is 61.6. The number of unbranched alkanes of at least 4 members (excludes halogenated alkanes) is 26. The Morgan fingerprint density at radius 3 is 1.59 bits per heavy atom. The standard InChI is InChI=1S/C55H99NO10/c1-3-5-7-9-11-13-22-27-31-35-39-43-51(60)64-44-40-36-32-28-24-21-19-17-15-14-16-18-20-23-26-30-34-38-42-50(59)56-47(48(58)41-37-33-29-25-12-10-8-6-4-2)46-65-55-54(63)53(62)52(61)49(45-57)66-55/h4,6,12,16,18,25,37,41,47-49,52-55,57-58,61-63H,3,5,7-11,13-15,17,19-24,26-36,38-40,42-46H2,1-2H3,(H,56,59)/b6-4+,18-16-,25-12+,41-37+. The van der Waals surface area contributed by atoms with Crippen molar-refractivity contribution < 1.29 is 49.3 Å². The quantitative estimate of drug-likeness (QED) is 0.0196. The maximum absolute atomic E-state index is 12.9. The van der Waals surface area contributed by atoms with Gasteiger partial charge in [-0.15, -0.1) is 0 Å². The maximum atomic E-state index is 12.9. The van der Waals surface area contributed by atoms with Crippen molar-refractivity contribution in [3.63, 3.8) is 0 Å². The predicted molar refractivity (Wildman–Crippen MR) is 269 cm³/mol. The minimum absolute atomic E-state index is 0.0153. The topological polar surface area (TPSA) is 175 Å². The van der Waals surface area contributed by atoms with E-state index in [1.807, 2.05) is 19.1 Å². The predicted octanol–water partition coefficient (Wildman–Crippen LogP) is 11.3. The third-order valence-corrected chi connectivity index (χ3v) is 12.5. The molecule has 0 aromatic heterocycles. The molecule has 1 amide bonds. The summed E-state index contributed by atoms with van der Waals surface area (Å²) in [5, 5.41) is 54.0. The van der Waals surface area contributed by atoms with Crippen LogP contribution in [0.1, 0.15) is 226 Å². The molecule has 11 nitrogen and oxygen atoms in total. The van der Waals surface area contributed by atoms with Crippen molar-refractivity contribution in [2.45, 2.75) is 269 Å². The van der Waals surface area contributed by atoms with E-state index in [1.54, 1.807) is 6.08 Å². The Morgan fingerprint density at radius 1 is 0.576 bits per heavy atom. The van der Waals surface area contributed by atoms with E-state index in [1.165, 1.54) is 103 Å². The number of aliphatic hydroxyl groups excluding tert-OH is 5. The van der Waals surface area contributed by atoms with Crippen molar-refractivity contribution >= 4 is 11.9 Å². The van der Waals surface area contributed by atoms with E-state index < -0.39 is 49.5 Å². The Bertz CT molecular complexity index is 1240. The molecule has 66 heavy (non-hydrogen) atoms. The number of amides is 1. The summed E-state index contributed by atoms with van der Waals surface area (Å²) >= 11 is 0. The van der Waals surface area contributed by atoms with Gasteiger partial charge in [0.15, 0.2) is 6.29 Å². The molecular formula is C55H99NO10. The second-order valence-electron chi connectivity index (χ2n) is 18.6. The molecule has 0 aromatic rings. The van der Waals surface area contributed by atoms with Gasteiger partial charge in [0, 0.05) is 12.8 Å². The smallest absolute Gasteiger partial charge is 0.305 e. The summed E-state index contributed by atoms with van der Waals surface area (Å²) in [4.78, 5) is 24.9. The molecular weight excluding hydrogens is 835 g/mol. The Hall–Kier alpha value is -2.38. The van der Waals surface area contributed by atoms with Crippen LogP contribution in [0.25, 0.3) is 0 Å². The molecule has 0 aliphatic carbocycles. The van der Waals surface area contributed by atoms with Crippen LogP contribution in [0.15, 0.2) is 48.6 Å². The first-order valence-electron chi connectivity index (χ1n) is 26.9. The second-order valence-corrected chi connectivity index (χ2v) is 18.6. The normalized spacial score (nSPS) is 20.0. The molecule has 0 spiro atoms. The van der Waals surface area contributed by atoms with Crippen molar-refractivity contribution in [1.82, 2.24) is 5.32 Å². The lowest BCUT2D eigenvalue weighted by Gasteiger charge is -2.40. The third kappa shape index (κ3) is 34.8. The summed E-state index contributed by atoms with van der Waals surface area (Å²) in [6, 6.07) is -0.843. The van der Waals surface area contributed by atoms with Crippen molar-refractivity contribution in [3.8, 4) is 0 Å². The molecule has 7 unspecified atom stereocenters. The SMILES string of the molecule is C/C=C/CC/C=C/CC/C=C/C(O)C(COC1OC(CO)C(O)C(O)C1O)NC(=O)CCCCCCC/C=C\CCCCCCCCCCCOC(=O)CCCCCCCCCCCCC. The average molecular weight is 934 g/mol. The summed E-state index contributed by atoms with van der Waals surface area (Å²) in [6.45, 7) is 4.04. The molecule has 1 rings (SSSR count). The molecule has 1 aliphatic heterocycles. The summed E-state index contributed by atoms with van der Waals surface area (Å²) in [6.07, 6.45) is 45.1. The number of carbonyl (C=O) groups excluding carboxylic acids is 2. The van der Waals surface area contributed by atoms with Crippen molar-refractivity contribution in [2.24, 2.45) is 0 Å². The number of rotatable bonds is 45. The van der Waals surface area contributed by atoms with Crippen molar-refractivity contribution in [2.75, 3.05) is 19.8 Å². The number of hydrogen-bond acceptors (Lipinski definition) is 10. The number of allylic oxidation sites excluding steroid dienone is 7. The van der Waals surface area contributed by atoms with E-state index in [0.29, 0.717) is 25.9 Å². The van der Waals surface area contributed by atoms with E-state index in [9.17, 15) is 35.1 Å². The van der Waals surface area contributed by atoms with Crippen LogP contribution in [0.2, 0.25) is 0 Å². The van der Waals surface area contributed by atoms with E-state index in [0.717, 1.165) is 89.9 Å². The van der Waals surface area contributed by atoms with Crippen LogP contribution in [0.4, 0.5) is 0 Å².